The number of aromatic amines is 1. The quantitative estimate of drug-likeness (QED) is 0.693. The number of H-pyrrole nitrogens is 1. The number of aromatic nitrogens is 1. The first-order chi connectivity index (χ1) is 12.3. The van der Waals surface area contributed by atoms with Crippen LogP contribution in [0.1, 0.15) is 57.9 Å². The van der Waals surface area contributed by atoms with Crippen molar-refractivity contribution in [3.8, 4) is 0 Å². The zero-order chi connectivity index (χ0) is 19.4. The second-order valence-corrected chi connectivity index (χ2v) is 7.33. The van der Waals surface area contributed by atoms with Crippen LogP contribution in [0.25, 0.3) is 0 Å². The van der Waals surface area contributed by atoms with Gasteiger partial charge < -0.3 is 14.6 Å². The number of benzene rings is 1. The molecule has 0 radical (unpaired) electrons. The van der Waals surface area contributed by atoms with E-state index in [1.165, 1.54) is 7.11 Å². The summed E-state index contributed by atoms with van der Waals surface area (Å²) in [5.41, 5.74) is 3.75. The maximum atomic E-state index is 13.1. The molecule has 1 atom stereocenters. The van der Waals surface area contributed by atoms with Crippen molar-refractivity contribution in [2.75, 3.05) is 7.11 Å². The smallest absolute Gasteiger partial charge is 0.354 e. The monoisotopic (exact) mass is 420 g/mol. The van der Waals surface area contributed by atoms with Gasteiger partial charge in [0.2, 0.25) is 0 Å². The summed E-state index contributed by atoms with van der Waals surface area (Å²) in [7, 11) is 1.36. The van der Waals surface area contributed by atoms with Crippen LogP contribution < -0.4 is 0 Å². The third-order valence-electron chi connectivity index (χ3n) is 4.79. The first kappa shape index (κ1) is 20.2. The number of halogens is 1. The van der Waals surface area contributed by atoms with Crippen LogP contribution >= 0.6 is 15.9 Å². The van der Waals surface area contributed by atoms with Crippen molar-refractivity contribution in [3.63, 3.8) is 0 Å². The van der Waals surface area contributed by atoms with Crippen molar-refractivity contribution in [3.05, 3.63) is 56.8 Å². The second kappa shape index (κ2) is 8.54. The van der Waals surface area contributed by atoms with Crippen molar-refractivity contribution in [1.82, 2.24) is 9.88 Å². The molecule has 0 aliphatic rings. The Morgan fingerprint density at radius 1 is 1.23 bits per heavy atom. The van der Waals surface area contributed by atoms with Gasteiger partial charge in [0, 0.05) is 28.3 Å². The van der Waals surface area contributed by atoms with E-state index in [0.717, 1.165) is 27.7 Å². The Bertz CT molecular complexity index is 796. The molecule has 2 aromatic rings. The van der Waals surface area contributed by atoms with Crippen LogP contribution in [0.5, 0.6) is 0 Å². The van der Waals surface area contributed by atoms with Crippen LogP contribution in [-0.4, -0.2) is 34.9 Å². The summed E-state index contributed by atoms with van der Waals surface area (Å²) in [4.78, 5) is 30.0. The molecule has 1 N–H and O–H groups in total. The minimum atomic E-state index is -0.397. The third kappa shape index (κ3) is 4.18. The molecule has 0 saturated heterocycles. The van der Waals surface area contributed by atoms with Crippen molar-refractivity contribution in [2.45, 2.75) is 46.7 Å². The van der Waals surface area contributed by atoms with Gasteiger partial charge in [-0.2, -0.15) is 0 Å². The lowest BCUT2D eigenvalue weighted by atomic mass is 10.1. The Kier molecular flexibility index (Phi) is 6.64. The highest BCUT2D eigenvalue weighted by molar-refractivity contribution is 9.10. The van der Waals surface area contributed by atoms with Gasteiger partial charge in [-0.05, 0) is 62.6 Å². The molecule has 6 heteroatoms. The number of amides is 1. The minimum absolute atomic E-state index is 0.0218. The van der Waals surface area contributed by atoms with E-state index in [1.54, 1.807) is 0 Å². The number of methoxy groups -OCH3 is 1. The van der Waals surface area contributed by atoms with Crippen LogP contribution in [0.3, 0.4) is 0 Å². The molecule has 1 amide bonds. The van der Waals surface area contributed by atoms with Crippen LogP contribution in [0.2, 0.25) is 0 Å². The average Bonchev–Trinajstić information content (AvgIpc) is 2.92. The molecular weight excluding hydrogens is 396 g/mol. The molecule has 0 bridgehead atoms. The highest BCUT2D eigenvalue weighted by Crippen LogP contribution is 2.24. The number of carbonyl (C=O) groups is 2. The lowest BCUT2D eigenvalue weighted by molar-refractivity contribution is 0.0593. The van der Waals surface area contributed by atoms with E-state index in [1.807, 2.05) is 49.9 Å². The number of hydrogen-bond acceptors (Lipinski definition) is 3. The first-order valence-corrected chi connectivity index (χ1v) is 9.42. The summed E-state index contributed by atoms with van der Waals surface area (Å²) in [5.74, 6) is -0.419. The Morgan fingerprint density at radius 3 is 2.38 bits per heavy atom. The predicted molar refractivity (Wildman–Crippen MR) is 105 cm³/mol. The summed E-state index contributed by atoms with van der Waals surface area (Å²) in [6.45, 7) is 8.32. The molecular formula is C20H25BrN2O3. The fraction of sp³-hybridized carbons (Fsp3) is 0.400. The summed E-state index contributed by atoms with van der Waals surface area (Å²) < 4.78 is 5.77. The van der Waals surface area contributed by atoms with E-state index in [-0.39, 0.29) is 11.9 Å². The number of carbonyl (C=O) groups excluding carboxylic acids is 2. The summed E-state index contributed by atoms with van der Waals surface area (Å²) in [6.07, 6.45) is 0.842. The molecule has 0 spiro atoms. The van der Waals surface area contributed by atoms with Gasteiger partial charge in [-0.15, -0.1) is 0 Å². The normalized spacial score (nSPS) is 11.9. The fourth-order valence-electron chi connectivity index (χ4n) is 2.91. The SMILES string of the molecule is CC[C@H](C)N(Cc1c(C)[nH]c(C(=O)OC)c1C)C(=O)c1ccc(Br)cc1. The van der Waals surface area contributed by atoms with Crippen molar-refractivity contribution < 1.29 is 14.3 Å². The number of esters is 1. The lowest BCUT2D eigenvalue weighted by Crippen LogP contribution is -2.38. The lowest BCUT2D eigenvalue weighted by Gasteiger charge is -2.29. The Hall–Kier alpha value is -2.08. The molecule has 0 fully saturated rings. The molecule has 140 valence electrons. The standard InChI is InChI=1S/C20H25BrN2O3/c1-6-12(2)23(19(24)15-7-9-16(21)10-8-15)11-17-13(3)18(20(25)26-5)22-14(17)4/h7-10,12,22H,6,11H2,1-5H3/t12-/m0/s1. The number of nitrogens with zero attached hydrogens (tertiary/aromatic N) is 1. The Morgan fingerprint density at radius 2 is 1.85 bits per heavy atom. The minimum Gasteiger partial charge on any atom is -0.464 e. The fourth-order valence-corrected chi connectivity index (χ4v) is 3.17. The van der Waals surface area contributed by atoms with Crippen molar-refractivity contribution in [2.24, 2.45) is 0 Å². The predicted octanol–water partition coefficient (Wildman–Crippen LogP) is 4.62. The summed E-state index contributed by atoms with van der Waals surface area (Å²) in [5, 5.41) is 0. The van der Waals surface area contributed by atoms with E-state index in [2.05, 4.69) is 27.8 Å². The van der Waals surface area contributed by atoms with Gasteiger partial charge in [0.1, 0.15) is 5.69 Å². The van der Waals surface area contributed by atoms with E-state index in [4.69, 9.17) is 4.74 Å². The molecule has 0 unspecified atom stereocenters. The number of ether oxygens (including phenoxy) is 1. The Labute approximate surface area is 162 Å². The first-order valence-electron chi connectivity index (χ1n) is 8.63. The molecule has 0 aliphatic heterocycles. The van der Waals surface area contributed by atoms with Gasteiger partial charge in [0.15, 0.2) is 0 Å². The highest BCUT2D eigenvalue weighted by Gasteiger charge is 2.25. The largest absolute Gasteiger partial charge is 0.464 e. The van der Waals surface area contributed by atoms with Gasteiger partial charge >= 0.3 is 5.97 Å². The maximum absolute atomic E-state index is 13.1. The zero-order valence-electron chi connectivity index (χ0n) is 15.9. The van der Waals surface area contributed by atoms with Crippen LogP contribution in [0, 0.1) is 13.8 Å². The topological polar surface area (TPSA) is 62.4 Å². The molecule has 1 aromatic carbocycles. The second-order valence-electron chi connectivity index (χ2n) is 6.42. The van der Waals surface area contributed by atoms with E-state index in [9.17, 15) is 9.59 Å². The number of hydrogen-bond donors (Lipinski definition) is 1. The van der Waals surface area contributed by atoms with Crippen molar-refractivity contribution in [1.29, 1.82) is 0 Å². The van der Waals surface area contributed by atoms with E-state index >= 15 is 0 Å². The summed E-state index contributed by atoms with van der Waals surface area (Å²) >= 11 is 3.40. The molecule has 0 saturated carbocycles. The van der Waals surface area contributed by atoms with Gasteiger partial charge in [-0.1, -0.05) is 22.9 Å². The van der Waals surface area contributed by atoms with Gasteiger partial charge in [-0.3, -0.25) is 4.79 Å². The van der Waals surface area contributed by atoms with E-state index in [0.29, 0.717) is 17.8 Å². The molecule has 2 rings (SSSR count). The highest BCUT2D eigenvalue weighted by atomic mass is 79.9. The van der Waals surface area contributed by atoms with Crippen molar-refractivity contribution >= 4 is 27.8 Å². The zero-order valence-corrected chi connectivity index (χ0v) is 17.4. The molecule has 1 aromatic heterocycles. The Balaban J connectivity index is 2.37. The molecule has 1 heterocycles. The number of aryl methyl sites for hydroxylation is 1. The van der Waals surface area contributed by atoms with Gasteiger partial charge in [0.25, 0.3) is 5.91 Å². The third-order valence-corrected chi connectivity index (χ3v) is 5.31. The van der Waals surface area contributed by atoms with Crippen LogP contribution in [0.15, 0.2) is 28.7 Å². The van der Waals surface area contributed by atoms with Crippen LogP contribution in [-0.2, 0) is 11.3 Å². The number of nitrogens with one attached hydrogen (secondary N) is 1. The van der Waals surface area contributed by atoms with Gasteiger partial charge in [0.05, 0.1) is 7.11 Å². The summed E-state index contributed by atoms with van der Waals surface area (Å²) in [6, 6.07) is 7.44. The maximum Gasteiger partial charge on any atom is 0.354 e. The van der Waals surface area contributed by atoms with E-state index < -0.39 is 5.97 Å². The average molecular weight is 421 g/mol. The number of rotatable bonds is 6. The molecule has 5 nitrogen and oxygen atoms in total. The molecule has 0 aliphatic carbocycles. The van der Waals surface area contributed by atoms with Crippen LogP contribution in [0.4, 0.5) is 0 Å². The molecule has 26 heavy (non-hydrogen) atoms. The van der Waals surface area contributed by atoms with Gasteiger partial charge in [-0.25, -0.2) is 4.79 Å².